The van der Waals surface area contributed by atoms with Crippen LogP contribution in [0.25, 0.3) is 0 Å². The number of aromatic carboxylic acids is 1. The van der Waals surface area contributed by atoms with Crippen LogP contribution in [0, 0.1) is 0 Å². The van der Waals surface area contributed by atoms with E-state index in [1.54, 1.807) is 28.4 Å². The van der Waals surface area contributed by atoms with Gasteiger partial charge in [0.2, 0.25) is 0 Å². The number of rotatable bonds is 3. The van der Waals surface area contributed by atoms with Crippen LogP contribution in [0.3, 0.4) is 0 Å². The molecule has 15 heavy (non-hydrogen) atoms. The molecule has 4 nitrogen and oxygen atoms in total. The number of carboxylic acids is 1. The molecule has 2 aromatic rings. The Morgan fingerprint density at radius 1 is 1.67 bits per heavy atom. The zero-order valence-corrected chi connectivity index (χ0v) is 8.94. The molecule has 0 saturated heterocycles. The molecule has 0 fully saturated rings. The summed E-state index contributed by atoms with van der Waals surface area (Å²) in [5.74, 6) is -0.993. The summed E-state index contributed by atoms with van der Waals surface area (Å²) >= 11 is 1.65. The van der Waals surface area contributed by atoms with Crippen LogP contribution >= 0.6 is 11.3 Å². The second kappa shape index (κ2) is 3.86. The molecule has 0 spiro atoms. The fraction of sp³-hybridized carbons (Fsp3) is 0.200. The summed E-state index contributed by atoms with van der Waals surface area (Å²) in [6, 6.07) is 4.13. The maximum Gasteiger partial charge on any atom is 0.356 e. The fourth-order valence-electron chi connectivity index (χ4n) is 1.33. The van der Waals surface area contributed by atoms with Crippen LogP contribution in [0.4, 0.5) is 0 Å². The second-order valence-corrected chi connectivity index (χ2v) is 4.18. The van der Waals surface area contributed by atoms with Crippen molar-refractivity contribution in [2.45, 2.75) is 13.0 Å². The summed E-state index contributed by atoms with van der Waals surface area (Å²) in [6.07, 6.45) is 3.10. The van der Waals surface area contributed by atoms with Crippen molar-refractivity contribution in [2.75, 3.05) is 0 Å². The van der Waals surface area contributed by atoms with E-state index in [9.17, 15) is 4.79 Å². The Morgan fingerprint density at radius 3 is 3.00 bits per heavy atom. The highest BCUT2D eigenvalue weighted by Gasteiger charge is 2.12. The average molecular weight is 222 g/mol. The molecule has 2 rings (SSSR count). The third-order valence-electron chi connectivity index (χ3n) is 2.22. The molecule has 5 heteroatoms. The van der Waals surface area contributed by atoms with Crippen molar-refractivity contribution in [3.63, 3.8) is 0 Å². The van der Waals surface area contributed by atoms with Gasteiger partial charge in [0.05, 0.1) is 12.4 Å². The predicted octanol–water partition coefficient (Wildman–Crippen LogP) is 2.25. The van der Waals surface area contributed by atoms with Gasteiger partial charge in [-0.25, -0.2) is 9.78 Å². The highest BCUT2D eigenvalue weighted by molar-refractivity contribution is 7.10. The van der Waals surface area contributed by atoms with Crippen molar-refractivity contribution in [3.05, 3.63) is 40.6 Å². The van der Waals surface area contributed by atoms with Gasteiger partial charge in [0, 0.05) is 11.1 Å². The molecule has 0 aliphatic carbocycles. The standard InChI is InChI=1S/C10H10N2O2S/c1-7(9-3-2-4-15-9)12-5-8(10(13)14)11-6-12/h2-7H,1H3,(H,13,14). The van der Waals surface area contributed by atoms with Crippen molar-refractivity contribution >= 4 is 17.3 Å². The summed E-state index contributed by atoms with van der Waals surface area (Å²) in [4.78, 5) is 15.6. The summed E-state index contributed by atoms with van der Waals surface area (Å²) < 4.78 is 1.80. The number of hydrogen-bond acceptors (Lipinski definition) is 3. The van der Waals surface area contributed by atoms with Gasteiger partial charge in [-0.2, -0.15) is 0 Å². The summed E-state index contributed by atoms with van der Waals surface area (Å²) in [6.45, 7) is 2.01. The van der Waals surface area contributed by atoms with E-state index in [-0.39, 0.29) is 11.7 Å². The van der Waals surface area contributed by atoms with Gasteiger partial charge >= 0.3 is 5.97 Å². The van der Waals surface area contributed by atoms with Gasteiger partial charge in [-0.1, -0.05) is 6.07 Å². The lowest BCUT2D eigenvalue weighted by atomic mass is 10.3. The first-order chi connectivity index (χ1) is 7.18. The first-order valence-corrected chi connectivity index (χ1v) is 5.36. The number of hydrogen-bond donors (Lipinski definition) is 1. The molecule has 78 valence electrons. The van der Waals surface area contributed by atoms with E-state index in [1.807, 2.05) is 24.4 Å². The maximum absolute atomic E-state index is 10.7. The Morgan fingerprint density at radius 2 is 2.47 bits per heavy atom. The van der Waals surface area contributed by atoms with E-state index >= 15 is 0 Å². The topological polar surface area (TPSA) is 55.1 Å². The highest BCUT2D eigenvalue weighted by atomic mass is 32.1. The molecule has 1 N–H and O–H groups in total. The van der Waals surface area contributed by atoms with Crippen LogP contribution < -0.4 is 0 Å². The van der Waals surface area contributed by atoms with E-state index in [0.29, 0.717) is 0 Å². The average Bonchev–Trinajstić information content (AvgIpc) is 2.88. The minimum absolute atomic E-state index is 0.0819. The van der Waals surface area contributed by atoms with Gasteiger partial charge < -0.3 is 9.67 Å². The van der Waals surface area contributed by atoms with E-state index in [2.05, 4.69) is 4.98 Å². The van der Waals surface area contributed by atoms with Crippen molar-refractivity contribution in [3.8, 4) is 0 Å². The van der Waals surface area contributed by atoms with Crippen LogP contribution in [0.15, 0.2) is 30.0 Å². The van der Waals surface area contributed by atoms with Gasteiger partial charge in [-0.05, 0) is 18.4 Å². The van der Waals surface area contributed by atoms with E-state index in [0.717, 1.165) is 0 Å². The molecule has 0 aliphatic heterocycles. The molecular weight excluding hydrogens is 212 g/mol. The Bertz CT molecular complexity index is 461. The number of nitrogens with zero attached hydrogens (tertiary/aromatic N) is 2. The van der Waals surface area contributed by atoms with Crippen molar-refractivity contribution in [1.82, 2.24) is 9.55 Å². The molecule has 2 aromatic heterocycles. The van der Waals surface area contributed by atoms with Crippen molar-refractivity contribution in [2.24, 2.45) is 0 Å². The first-order valence-electron chi connectivity index (χ1n) is 4.48. The third-order valence-corrected chi connectivity index (χ3v) is 3.27. The molecule has 0 bridgehead atoms. The molecule has 1 unspecified atom stereocenters. The Balaban J connectivity index is 2.26. The first kappa shape index (κ1) is 9.92. The Hall–Kier alpha value is -1.62. The van der Waals surface area contributed by atoms with Gasteiger partial charge in [0.15, 0.2) is 5.69 Å². The number of imidazole rings is 1. The predicted molar refractivity (Wildman–Crippen MR) is 57.3 cm³/mol. The molecule has 0 radical (unpaired) electrons. The SMILES string of the molecule is CC(c1cccs1)n1cnc(C(=O)O)c1. The summed E-state index contributed by atoms with van der Waals surface area (Å²) in [7, 11) is 0. The zero-order valence-electron chi connectivity index (χ0n) is 8.12. The lowest BCUT2D eigenvalue weighted by molar-refractivity contribution is 0.0691. The van der Waals surface area contributed by atoms with Crippen LogP contribution in [0.1, 0.15) is 28.3 Å². The van der Waals surface area contributed by atoms with Crippen LogP contribution in [0.2, 0.25) is 0 Å². The lowest BCUT2D eigenvalue weighted by Gasteiger charge is -2.09. The molecule has 1 atom stereocenters. The van der Waals surface area contributed by atoms with Gasteiger partial charge in [0.1, 0.15) is 0 Å². The summed E-state index contributed by atoms with van der Waals surface area (Å²) in [5.41, 5.74) is 0.0819. The normalized spacial score (nSPS) is 12.6. The third kappa shape index (κ3) is 1.92. The molecule has 0 aliphatic rings. The molecule has 0 amide bonds. The minimum Gasteiger partial charge on any atom is -0.476 e. The largest absolute Gasteiger partial charge is 0.476 e. The molecule has 0 aromatic carbocycles. The van der Waals surface area contributed by atoms with Gasteiger partial charge in [0.25, 0.3) is 0 Å². The lowest BCUT2D eigenvalue weighted by Crippen LogP contribution is -2.02. The number of carboxylic acid groups (broad SMARTS) is 1. The van der Waals surface area contributed by atoms with Crippen LogP contribution in [-0.2, 0) is 0 Å². The van der Waals surface area contributed by atoms with E-state index < -0.39 is 5.97 Å². The zero-order chi connectivity index (χ0) is 10.8. The quantitative estimate of drug-likeness (QED) is 0.866. The summed E-state index contributed by atoms with van der Waals surface area (Å²) in [5, 5.41) is 10.7. The number of thiophene rings is 1. The highest BCUT2D eigenvalue weighted by Crippen LogP contribution is 2.22. The Kier molecular flexibility index (Phi) is 2.55. The molecule has 2 heterocycles. The van der Waals surface area contributed by atoms with Gasteiger partial charge in [-0.15, -0.1) is 11.3 Å². The van der Waals surface area contributed by atoms with Crippen LogP contribution in [-0.4, -0.2) is 20.6 Å². The fourth-order valence-corrected chi connectivity index (χ4v) is 2.12. The second-order valence-electron chi connectivity index (χ2n) is 3.20. The van der Waals surface area contributed by atoms with Crippen molar-refractivity contribution in [1.29, 1.82) is 0 Å². The smallest absolute Gasteiger partial charge is 0.356 e. The maximum atomic E-state index is 10.7. The van der Waals surface area contributed by atoms with E-state index in [4.69, 9.17) is 5.11 Å². The molecule has 0 saturated carbocycles. The number of carbonyl (C=O) groups is 1. The van der Waals surface area contributed by atoms with Crippen molar-refractivity contribution < 1.29 is 9.90 Å². The minimum atomic E-state index is -0.993. The van der Waals surface area contributed by atoms with Crippen LogP contribution in [0.5, 0.6) is 0 Å². The van der Waals surface area contributed by atoms with E-state index in [1.165, 1.54) is 4.88 Å². The monoisotopic (exact) mass is 222 g/mol. The number of aromatic nitrogens is 2. The molecular formula is C10H10N2O2S. The van der Waals surface area contributed by atoms with Gasteiger partial charge in [-0.3, -0.25) is 0 Å². The Labute approximate surface area is 90.8 Å².